The molecule has 2 aromatic carbocycles. The Hall–Kier alpha value is -4.30. The highest BCUT2D eigenvalue weighted by atomic mass is 32.1. The lowest BCUT2D eigenvalue weighted by Crippen LogP contribution is -2.36. The van der Waals surface area contributed by atoms with E-state index in [2.05, 4.69) is 42.1 Å². The van der Waals surface area contributed by atoms with Gasteiger partial charge in [0, 0.05) is 22.3 Å². The third-order valence-corrected chi connectivity index (χ3v) is 9.33. The van der Waals surface area contributed by atoms with Crippen molar-refractivity contribution in [3.63, 3.8) is 0 Å². The van der Waals surface area contributed by atoms with Gasteiger partial charge in [-0.1, -0.05) is 56.3 Å². The Morgan fingerprint density at radius 2 is 1.89 bits per heavy atom. The van der Waals surface area contributed by atoms with Crippen molar-refractivity contribution in [3.8, 4) is 5.75 Å². The Bertz CT molecular complexity index is 1730. The van der Waals surface area contributed by atoms with Crippen LogP contribution in [0.4, 0.5) is 5.69 Å². The standard InChI is InChI=1S/C36H39N5O2S/c1-24(2)33-17-16-29(19-37-33)41(21-28-18-38-40(20-28)22-35-25(3)39-26(4)44-35)36(42)32-14-8-13-31-30(32)12-9-15-34(31)43-23-27-10-6-5-7-11-27/h5-7,9-12,15-20,24,32H,8,13-14,21-23H2,1-4H3. The second kappa shape index (κ2) is 13.1. The van der Waals surface area contributed by atoms with E-state index in [0.29, 0.717) is 25.6 Å². The molecule has 0 saturated carbocycles. The van der Waals surface area contributed by atoms with Crippen LogP contribution in [0.1, 0.15) is 82.1 Å². The van der Waals surface area contributed by atoms with E-state index >= 15 is 0 Å². The SMILES string of the molecule is Cc1nc(C)c(Cn2cc(CN(C(=O)C3CCCc4c(OCc5ccccc5)cccc43)c3ccc(C(C)C)nc3)cn2)s1. The summed E-state index contributed by atoms with van der Waals surface area (Å²) in [5.41, 5.74) is 7.15. The van der Waals surface area contributed by atoms with Gasteiger partial charge in [-0.3, -0.25) is 14.5 Å². The predicted octanol–water partition coefficient (Wildman–Crippen LogP) is 7.76. The van der Waals surface area contributed by atoms with Gasteiger partial charge >= 0.3 is 0 Å². The zero-order valence-electron chi connectivity index (χ0n) is 25.9. The number of nitrogens with zero attached hydrogens (tertiary/aromatic N) is 5. The largest absolute Gasteiger partial charge is 0.489 e. The number of carbonyl (C=O) groups is 1. The van der Waals surface area contributed by atoms with Gasteiger partial charge in [0.2, 0.25) is 5.91 Å². The number of pyridine rings is 1. The van der Waals surface area contributed by atoms with E-state index in [9.17, 15) is 4.79 Å². The molecule has 0 radical (unpaired) electrons. The van der Waals surface area contributed by atoms with E-state index in [1.165, 1.54) is 4.88 Å². The highest BCUT2D eigenvalue weighted by Crippen LogP contribution is 2.39. The molecule has 1 aliphatic rings. The fraction of sp³-hybridized carbons (Fsp3) is 0.333. The topological polar surface area (TPSA) is 73.1 Å². The molecule has 5 aromatic rings. The van der Waals surface area contributed by atoms with Crippen molar-refractivity contribution in [3.05, 3.63) is 123 Å². The molecule has 1 aliphatic carbocycles. The fourth-order valence-electron chi connectivity index (χ4n) is 5.95. The van der Waals surface area contributed by atoms with E-state index in [-0.39, 0.29) is 11.8 Å². The Labute approximate surface area is 263 Å². The van der Waals surface area contributed by atoms with Gasteiger partial charge in [0.1, 0.15) is 12.4 Å². The Morgan fingerprint density at radius 3 is 2.61 bits per heavy atom. The van der Waals surface area contributed by atoms with Gasteiger partial charge < -0.3 is 9.64 Å². The number of hydrogen-bond acceptors (Lipinski definition) is 6. The smallest absolute Gasteiger partial charge is 0.234 e. The third kappa shape index (κ3) is 6.60. The summed E-state index contributed by atoms with van der Waals surface area (Å²) in [5.74, 6) is 0.992. The molecular weight excluding hydrogens is 566 g/mol. The van der Waals surface area contributed by atoms with Crippen LogP contribution < -0.4 is 9.64 Å². The van der Waals surface area contributed by atoms with Crippen LogP contribution in [-0.4, -0.2) is 25.7 Å². The molecule has 0 bridgehead atoms. The van der Waals surface area contributed by atoms with Gasteiger partial charge in [0.05, 0.1) is 47.8 Å². The second-order valence-electron chi connectivity index (χ2n) is 11.9. The summed E-state index contributed by atoms with van der Waals surface area (Å²) < 4.78 is 8.24. The van der Waals surface area contributed by atoms with Crippen LogP contribution in [0, 0.1) is 13.8 Å². The average Bonchev–Trinajstić information content (AvgIpc) is 3.62. The minimum absolute atomic E-state index is 0.0759. The monoisotopic (exact) mass is 605 g/mol. The van der Waals surface area contributed by atoms with E-state index < -0.39 is 0 Å². The minimum atomic E-state index is -0.262. The van der Waals surface area contributed by atoms with Crippen LogP contribution in [0.15, 0.2) is 79.3 Å². The number of amides is 1. The third-order valence-electron chi connectivity index (χ3n) is 8.27. The molecule has 8 heteroatoms. The lowest BCUT2D eigenvalue weighted by atomic mass is 9.81. The van der Waals surface area contributed by atoms with Crippen molar-refractivity contribution >= 4 is 22.9 Å². The van der Waals surface area contributed by atoms with Gasteiger partial charge in [-0.25, -0.2) is 4.98 Å². The maximum absolute atomic E-state index is 14.5. The lowest BCUT2D eigenvalue weighted by molar-refractivity contribution is -0.120. The number of aromatic nitrogens is 4. The number of hydrogen-bond donors (Lipinski definition) is 0. The second-order valence-corrected chi connectivity index (χ2v) is 13.1. The summed E-state index contributed by atoms with van der Waals surface area (Å²) >= 11 is 1.70. The molecule has 1 atom stereocenters. The fourth-order valence-corrected chi connectivity index (χ4v) is 6.88. The van der Waals surface area contributed by atoms with Crippen molar-refractivity contribution in [2.24, 2.45) is 0 Å². The van der Waals surface area contributed by atoms with Gasteiger partial charge in [0.15, 0.2) is 0 Å². The van der Waals surface area contributed by atoms with Crippen LogP contribution in [0.5, 0.6) is 5.75 Å². The molecule has 0 N–H and O–H groups in total. The first-order chi connectivity index (χ1) is 21.4. The summed E-state index contributed by atoms with van der Waals surface area (Å²) in [6.07, 6.45) is 8.37. The normalized spacial score (nSPS) is 14.4. The van der Waals surface area contributed by atoms with Crippen LogP contribution in [0.3, 0.4) is 0 Å². The molecule has 44 heavy (non-hydrogen) atoms. The van der Waals surface area contributed by atoms with Gasteiger partial charge in [0.25, 0.3) is 0 Å². The molecule has 3 aromatic heterocycles. The van der Waals surface area contributed by atoms with E-state index in [1.807, 2.05) is 84.5 Å². The van der Waals surface area contributed by atoms with Crippen LogP contribution in [0.2, 0.25) is 0 Å². The number of fused-ring (bicyclic) bond motifs is 1. The van der Waals surface area contributed by atoms with E-state index in [0.717, 1.165) is 69.3 Å². The number of benzene rings is 2. The molecular formula is C36H39N5O2S. The number of ether oxygens (including phenoxy) is 1. The van der Waals surface area contributed by atoms with Gasteiger partial charge in [-0.2, -0.15) is 5.10 Å². The van der Waals surface area contributed by atoms with Crippen molar-refractivity contribution in [2.45, 2.75) is 78.5 Å². The van der Waals surface area contributed by atoms with Crippen LogP contribution >= 0.6 is 11.3 Å². The molecule has 7 nitrogen and oxygen atoms in total. The van der Waals surface area contributed by atoms with Crippen LogP contribution in [0.25, 0.3) is 0 Å². The quantitative estimate of drug-likeness (QED) is 0.163. The first kappa shape index (κ1) is 29.8. The predicted molar refractivity (Wildman–Crippen MR) is 175 cm³/mol. The first-order valence-electron chi connectivity index (χ1n) is 15.4. The lowest BCUT2D eigenvalue weighted by Gasteiger charge is -2.31. The zero-order valence-corrected chi connectivity index (χ0v) is 26.7. The number of aryl methyl sites for hydroxylation is 2. The highest BCUT2D eigenvalue weighted by molar-refractivity contribution is 7.11. The van der Waals surface area contributed by atoms with E-state index in [4.69, 9.17) is 9.72 Å². The zero-order chi connectivity index (χ0) is 30.6. The molecule has 226 valence electrons. The summed E-state index contributed by atoms with van der Waals surface area (Å²) in [4.78, 5) is 26.9. The Balaban J connectivity index is 1.28. The van der Waals surface area contributed by atoms with Crippen molar-refractivity contribution in [1.82, 2.24) is 19.7 Å². The number of rotatable bonds is 10. The first-order valence-corrected chi connectivity index (χ1v) is 16.2. The molecule has 3 heterocycles. The molecule has 0 aliphatic heterocycles. The molecule has 6 rings (SSSR count). The van der Waals surface area contributed by atoms with Gasteiger partial charge in [-0.15, -0.1) is 11.3 Å². The molecule has 0 saturated heterocycles. The highest BCUT2D eigenvalue weighted by Gasteiger charge is 2.32. The maximum atomic E-state index is 14.5. The summed E-state index contributed by atoms with van der Waals surface area (Å²) in [6.45, 7) is 9.90. The molecule has 1 unspecified atom stereocenters. The molecule has 0 spiro atoms. The Kier molecular flexibility index (Phi) is 8.89. The van der Waals surface area contributed by atoms with Crippen LogP contribution in [-0.2, 0) is 30.9 Å². The number of anilines is 1. The summed E-state index contributed by atoms with van der Waals surface area (Å²) in [7, 11) is 0. The number of carbonyl (C=O) groups excluding carboxylic acids is 1. The van der Waals surface area contributed by atoms with E-state index in [1.54, 1.807) is 11.3 Å². The van der Waals surface area contributed by atoms with Crippen molar-refractivity contribution < 1.29 is 9.53 Å². The van der Waals surface area contributed by atoms with Crippen molar-refractivity contribution in [2.75, 3.05) is 4.90 Å². The summed E-state index contributed by atoms with van der Waals surface area (Å²) in [6, 6.07) is 20.4. The molecule has 0 fully saturated rings. The average molecular weight is 606 g/mol. The maximum Gasteiger partial charge on any atom is 0.234 e. The Morgan fingerprint density at radius 1 is 1.05 bits per heavy atom. The van der Waals surface area contributed by atoms with Gasteiger partial charge in [-0.05, 0) is 73.9 Å². The van der Waals surface area contributed by atoms with Crippen molar-refractivity contribution in [1.29, 1.82) is 0 Å². The summed E-state index contributed by atoms with van der Waals surface area (Å²) in [5, 5.41) is 5.69. The molecule has 1 amide bonds. The number of thiazole rings is 1. The minimum Gasteiger partial charge on any atom is -0.489 e.